The fourth-order valence-corrected chi connectivity index (χ4v) is 1.45. The standard InChI is InChI=1S/C13H18O3/c1-3-4-5-6-7-10-13(2)11(14)8-9-12(15)16-13/h8-9,12,15H,3-6H2,1-2H3/t12-,13+/m0/s1. The maximum atomic E-state index is 11.6. The molecule has 0 bridgehead atoms. The van der Waals surface area contributed by atoms with Gasteiger partial charge >= 0.3 is 0 Å². The summed E-state index contributed by atoms with van der Waals surface area (Å²) in [4.78, 5) is 11.6. The number of aliphatic hydroxyl groups excluding tert-OH is 1. The molecule has 3 heteroatoms. The summed E-state index contributed by atoms with van der Waals surface area (Å²) in [5.41, 5.74) is -1.18. The predicted octanol–water partition coefficient (Wildman–Crippen LogP) is 1.80. The summed E-state index contributed by atoms with van der Waals surface area (Å²) in [5, 5.41) is 9.27. The van der Waals surface area contributed by atoms with E-state index in [-0.39, 0.29) is 5.78 Å². The largest absolute Gasteiger partial charge is 0.365 e. The van der Waals surface area contributed by atoms with E-state index in [4.69, 9.17) is 4.74 Å². The minimum Gasteiger partial charge on any atom is -0.365 e. The molecule has 0 aromatic carbocycles. The monoisotopic (exact) mass is 222 g/mol. The molecule has 1 rings (SSSR count). The highest BCUT2D eigenvalue weighted by atomic mass is 16.6. The summed E-state index contributed by atoms with van der Waals surface area (Å²) < 4.78 is 5.14. The average molecular weight is 222 g/mol. The van der Waals surface area contributed by atoms with Crippen LogP contribution in [0.3, 0.4) is 0 Å². The predicted molar refractivity (Wildman–Crippen MR) is 61.6 cm³/mol. The van der Waals surface area contributed by atoms with Gasteiger partial charge in [0, 0.05) is 6.42 Å². The van der Waals surface area contributed by atoms with Gasteiger partial charge in [-0.3, -0.25) is 4.79 Å². The van der Waals surface area contributed by atoms with Gasteiger partial charge in [0.25, 0.3) is 0 Å². The smallest absolute Gasteiger partial charge is 0.199 e. The Morgan fingerprint density at radius 2 is 2.31 bits per heavy atom. The topological polar surface area (TPSA) is 46.5 Å². The van der Waals surface area contributed by atoms with Gasteiger partial charge in [-0.25, -0.2) is 0 Å². The minimum atomic E-state index is -1.18. The second-order valence-corrected chi connectivity index (χ2v) is 4.02. The molecule has 0 fully saturated rings. The summed E-state index contributed by atoms with van der Waals surface area (Å²) in [5.74, 6) is 5.54. The van der Waals surface area contributed by atoms with Crippen LogP contribution in [0.2, 0.25) is 0 Å². The quantitative estimate of drug-likeness (QED) is 0.585. The van der Waals surface area contributed by atoms with Crippen molar-refractivity contribution in [1.29, 1.82) is 0 Å². The van der Waals surface area contributed by atoms with Crippen LogP contribution in [0, 0.1) is 11.8 Å². The van der Waals surface area contributed by atoms with E-state index in [0.29, 0.717) is 0 Å². The van der Waals surface area contributed by atoms with E-state index in [0.717, 1.165) is 25.7 Å². The van der Waals surface area contributed by atoms with Crippen molar-refractivity contribution in [3.05, 3.63) is 12.2 Å². The van der Waals surface area contributed by atoms with Gasteiger partial charge in [-0.15, -0.1) is 0 Å². The molecular weight excluding hydrogens is 204 g/mol. The van der Waals surface area contributed by atoms with E-state index < -0.39 is 11.9 Å². The molecule has 0 saturated carbocycles. The van der Waals surface area contributed by atoms with Crippen LogP contribution in [0.25, 0.3) is 0 Å². The molecule has 0 spiro atoms. The lowest BCUT2D eigenvalue weighted by atomic mass is 9.98. The highest BCUT2D eigenvalue weighted by Gasteiger charge is 2.35. The van der Waals surface area contributed by atoms with Gasteiger partial charge in [-0.2, -0.15) is 0 Å². The molecule has 0 saturated heterocycles. The van der Waals surface area contributed by atoms with Crippen molar-refractivity contribution in [3.63, 3.8) is 0 Å². The van der Waals surface area contributed by atoms with Crippen molar-refractivity contribution in [3.8, 4) is 11.8 Å². The molecule has 1 N–H and O–H groups in total. The lowest BCUT2D eigenvalue weighted by molar-refractivity contribution is -0.159. The van der Waals surface area contributed by atoms with E-state index >= 15 is 0 Å². The van der Waals surface area contributed by atoms with Crippen LogP contribution in [0.5, 0.6) is 0 Å². The van der Waals surface area contributed by atoms with Gasteiger partial charge in [-0.1, -0.05) is 31.6 Å². The number of aliphatic hydroxyl groups is 1. The Hall–Kier alpha value is -1.11. The van der Waals surface area contributed by atoms with Crippen molar-refractivity contribution in [1.82, 2.24) is 0 Å². The van der Waals surface area contributed by atoms with Gasteiger partial charge in [0.15, 0.2) is 17.7 Å². The normalized spacial score (nSPS) is 28.7. The van der Waals surface area contributed by atoms with Crippen LogP contribution < -0.4 is 0 Å². The number of carbonyl (C=O) groups excluding carboxylic acids is 1. The Kier molecular flexibility index (Phi) is 4.72. The van der Waals surface area contributed by atoms with Crippen LogP contribution in [0.15, 0.2) is 12.2 Å². The molecule has 0 aromatic rings. The molecule has 0 unspecified atom stereocenters. The van der Waals surface area contributed by atoms with E-state index in [1.54, 1.807) is 6.92 Å². The van der Waals surface area contributed by atoms with Crippen molar-refractivity contribution >= 4 is 5.78 Å². The molecule has 3 nitrogen and oxygen atoms in total. The van der Waals surface area contributed by atoms with Gasteiger partial charge in [0.2, 0.25) is 0 Å². The number of carbonyl (C=O) groups is 1. The molecular formula is C13H18O3. The molecule has 88 valence electrons. The lowest BCUT2D eigenvalue weighted by Gasteiger charge is -2.26. The fourth-order valence-electron chi connectivity index (χ4n) is 1.45. The second-order valence-electron chi connectivity index (χ2n) is 4.02. The Labute approximate surface area is 96.5 Å². The van der Waals surface area contributed by atoms with Gasteiger partial charge in [-0.05, 0) is 25.5 Å². The van der Waals surface area contributed by atoms with Crippen LogP contribution in [0.1, 0.15) is 39.5 Å². The third-order valence-electron chi connectivity index (χ3n) is 2.47. The first kappa shape index (κ1) is 13.0. The molecule has 0 aliphatic carbocycles. The molecule has 1 aliphatic heterocycles. The molecule has 0 radical (unpaired) electrons. The highest BCUT2D eigenvalue weighted by Crippen LogP contribution is 2.19. The number of unbranched alkanes of at least 4 members (excludes halogenated alkanes) is 3. The van der Waals surface area contributed by atoms with Crippen molar-refractivity contribution in [2.75, 3.05) is 0 Å². The molecule has 1 heterocycles. The first-order valence-electron chi connectivity index (χ1n) is 5.67. The SMILES string of the molecule is CCCCCC#C[C@@]1(C)O[C@H](O)C=CC1=O. The third-order valence-corrected chi connectivity index (χ3v) is 2.47. The molecule has 1 aliphatic rings. The van der Waals surface area contributed by atoms with Gasteiger partial charge in [0.05, 0.1) is 0 Å². The molecule has 16 heavy (non-hydrogen) atoms. The summed E-state index contributed by atoms with van der Waals surface area (Å²) in [7, 11) is 0. The Morgan fingerprint density at radius 1 is 1.56 bits per heavy atom. The zero-order valence-corrected chi connectivity index (χ0v) is 9.82. The lowest BCUT2D eigenvalue weighted by Crippen LogP contribution is -2.42. The molecule has 2 atom stereocenters. The van der Waals surface area contributed by atoms with Crippen molar-refractivity contribution in [2.45, 2.75) is 51.4 Å². The zero-order valence-electron chi connectivity index (χ0n) is 9.82. The summed E-state index contributed by atoms with van der Waals surface area (Å²) in [6.45, 7) is 3.72. The minimum absolute atomic E-state index is 0.208. The highest BCUT2D eigenvalue weighted by molar-refractivity contribution is 6.00. The van der Waals surface area contributed by atoms with E-state index in [1.807, 2.05) is 0 Å². The maximum absolute atomic E-state index is 11.6. The number of rotatable bonds is 3. The summed E-state index contributed by atoms with van der Waals surface area (Å²) in [6.07, 6.45) is 5.70. The van der Waals surface area contributed by atoms with Gasteiger partial charge in [0.1, 0.15) is 0 Å². The second kappa shape index (κ2) is 5.83. The van der Waals surface area contributed by atoms with Crippen LogP contribution in [0.4, 0.5) is 0 Å². The Bertz CT molecular complexity index is 335. The number of ether oxygens (including phenoxy) is 1. The fraction of sp³-hybridized carbons (Fsp3) is 0.615. The summed E-state index contributed by atoms with van der Waals surface area (Å²) >= 11 is 0. The zero-order chi connectivity index (χ0) is 12.0. The number of hydrogen-bond donors (Lipinski definition) is 1. The Morgan fingerprint density at radius 3 is 3.00 bits per heavy atom. The maximum Gasteiger partial charge on any atom is 0.199 e. The third kappa shape index (κ3) is 3.48. The van der Waals surface area contributed by atoms with Crippen molar-refractivity contribution in [2.24, 2.45) is 0 Å². The number of hydrogen-bond acceptors (Lipinski definition) is 3. The summed E-state index contributed by atoms with van der Waals surface area (Å²) in [6, 6.07) is 0. The van der Waals surface area contributed by atoms with E-state index in [1.165, 1.54) is 12.2 Å². The van der Waals surface area contributed by atoms with Gasteiger partial charge < -0.3 is 9.84 Å². The van der Waals surface area contributed by atoms with E-state index in [9.17, 15) is 9.90 Å². The molecule has 0 aromatic heterocycles. The first-order valence-corrected chi connectivity index (χ1v) is 5.67. The van der Waals surface area contributed by atoms with E-state index in [2.05, 4.69) is 18.8 Å². The van der Waals surface area contributed by atoms with Crippen LogP contribution in [-0.2, 0) is 9.53 Å². The van der Waals surface area contributed by atoms with Crippen LogP contribution >= 0.6 is 0 Å². The Balaban J connectivity index is 2.56. The first-order chi connectivity index (χ1) is 7.58. The molecule has 0 amide bonds. The van der Waals surface area contributed by atoms with Crippen molar-refractivity contribution < 1.29 is 14.6 Å². The number of ketones is 1. The average Bonchev–Trinajstić information content (AvgIpc) is 2.24. The van der Waals surface area contributed by atoms with Crippen LogP contribution in [-0.4, -0.2) is 22.8 Å².